The molecule has 0 saturated heterocycles. The summed E-state index contributed by atoms with van der Waals surface area (Å²) in [4.78, 5) is 7.16. The maximum Gasteiger partial charge on any atom is 0.240 e. The van der Waals surface area contributed by atoms with Crippen molar-refractivity contribution in [2.24, 2.45) is 0 Å². The average Bonchev–Trinajstić information content (AvgIpc) is 3.00. The molecule has 7 heteroatoms. The summed E-state index contributed by atoms with van der Waals surface area (Å²) in [5.41, 5.74) is 2.04. The maximum atomic E-state index is 12.4. The molecule has 3 rings (SSSR count). The Hall–Kier alpha value is -2.22. The summed E-state index contributed by atoms with van der Waals surface area (Å²) in [6.07, 6.45) is 1.55. The van der Waals surface area contributed by atoms with Crippen molar-refractivity contribution in [3.8, 4) is 0 Å². The van der Waals surface area contributed by atoms with Gasteiger partial charge in [0.15, 0.2) is 0 Å². The molecule has 144 valence electrons. The van der Waals surface area contributed by atoms with E-state index in [-0.39, 0.29) is 4.90 Å². The van der Waals surface area contributed by atoms with Gasteiger partial charge in [0.05, 0.1) is 15.9 Å². The van der Waals surface area contributed by atoms with Gasteiger partial charge in [0.2, 0.25) is 10.0 Å². The molecule has 0 aliphatic carbocycles. The van der Waals surface area contributed by atoms with Gasteiger partial charge in [0.25, 0.3) is 0 Å². The van der Waals surface area contributed by atoms with E-state index in [0.717, 1.165) is 36.4 Å². The Labute approximate surface area is 160 Å². The van der Waals surface area contributed by atoms with Crippen LogP contribution in [0.25, 0.3) is 11.0 Å². The van der Waals surface area contributed by atoms with Crippen molar-refractivity contribution in [1.29, 1.82) is 0 Å². The molecule has 2 aromatic carbocycles. The van der Waals surface area contributed by atoms with Gasteiger partial charge < -0.3 is 9.47 Å². The fraction of sp³-hybridized carbons (Fsp3) is 0.350. The second-order valence-corrected chi connectivity index (χ2v) is 8.55. The van der Waals surface area contributed by atoms with Crippen molar-refractivity contribution in [3.05, 3.63) is 60.4 Å². The molecular formula is C20H26N4O2S. The van der Waals surface area contributed by atoms with Crippen LogP contribution in [0.2, 0.25) is 0 Å². The standard InChI is InChI=1S/C20H26N4O2S/c1-23(2)15-8-16-24-19-12-7-6-11-18(19)22-20(24)13-14-21-27(25,26)17-9-4-3-5-10-17/h3-7,9-12,21H,8,13-16H2,1-2H3. The summed E-state index contributed by atoms with van der Waals surface area (Å²) in [5.74, 6) is 0.908. The number of hydrogen-bond donors (Lipinski definition) is 1. The highest BCUT2D eigenvalue weighted by Crippen LogP contribution is 2.17. The number of fused-ring (bicyclic) bond motifs is 1. The molecule has 27 heavy (non-hydrogen) atoms. The van der Waals surface area contributed by atoms with Gasteiger partial charge in [-0.2, -0.15) is 0 Å². The van der Waals surface area contributed by atoms with E-state index in [1.165, 1.54) is 0 Å². The van der Waals surface area contributed by atoms with E-state index < -0.39 is 10.0 Å². The summed E-state index contributed by atoms with van der Waals surface area (Å²) < 4.78 is 29.6. The first kappa shape index (κ1) is 19.5. The highest BCUT2D eigenvalue weighted by Gasteiger charge is 2.15. The van der Waals surface area contributed by atoms with E-state index in [1.54, 1.807) is 30.3 Å². The van der Waals surface area contributed by atoms with Crippen LogP contribution in [0.3, 0.4) is 0 Å². The number of hydrogen-bond acceptors (Lipinski definition) is 4. The first-order valence-corrected chi connectivity index (χ1v) is 10.6. The largest absolute Gasteiger partial charge is 0.328 e. The Balaban J connectivity index is 1.72. The number of benzene rings is 2. The van der Waals surface area contributed by atoms with Gasteiger partial charge >= 0.3 is 0 Å². The highest BCUT2D eigenvalue weighted by molar-refractivity contribution is 7.89. The van der Waals surface area contributed by atoms with Gasteiger partial charge in [0, 0.05) is 19.5 Å². The average molecular weight is 387 g/mol. The first-order chi connectivity index (χ1) is 13.0. The molecule has 0 fully saturated rings. The smallest absolute Gasteiger partial charge is 0.240 e. The van der Waals surface area contributed by atoms with E-state index in [9.17, 15) is 8.42 Å². The molecule has 0 aliphatic heterocycles. The van der Waals surface area contributed by atoms with Crippen molar-refractivity contribution in [2.45, 2.75) is 24.3 Å². The minimum atomic E-state index is -3.50. The topological polar surface area (TPSA) is 67.2 Å². The zero-order chi connectivity index (χ0) is 19.3. The van der Waals surface area contributed by atoms with Crippen LogP contribution in [0.15, 0.2) is 59.5 Å². The molecule has 1 heterocycles. The van der Waals surface area contributed by atoms with Crippen LogP contribution in [0, 0.1) is 0 Å². The number of nitrogens with one attached hydrogen (secondary N) is 1. The molecule has 1 N–H and O–H groups in total. The predicted octanol–water partition coefficient (Wildman–Crippen LogP) is 2.51. The lowest BCUT2D eigenvalue weighted by molar-refractivity contribution is 0.386. The van der Waals surface area contributed by atoms with Crippen molar-refractivity contribution in [3.63, 3.8) is 0 Å². The molecule has 3 aromatic rings. The highest BCUT2D eigenvalue weighted by atomic mass is 32.2. The van der Waals surface area contributed by atoms with Gasteiger partial charge in [-0.1, -0.05) is 30.3 Å². The summed E-state index contributed by atoms with van der Waals surface area (Å²) in [7, 11) is 0.626. The number of aromatic nitrogens is 2. The lowest BCUT2D eigenvalue weighted by atomic mass is 10.3. The van der Waals surface area contributed by atoms with Gasteiger partial charge in [-0.15, -0.1) is 0 Å². The monoisotopic (exact) mass is 386 g/mol. The minimum absolute atomic E-state index is 0.282. The Bertz CT molecular complexity index is 982. The number of imidazole rings is 1. The second kappa shape index (κ2) is 8.65. The molecule has 0 amide bonds. The summed E-state index contributed by atoms with van der Waals surface area (Å²) >= 11 is 0. The van der Waals surface area contributed by atoms with Crippen LogP contribution in [0.4, 0.5) is 0 Å². The third-order valence-corrected chi connectivity index (χ3v) is 5.89. The van der Waals surface area contributed by atoms with Crippen LogP contribution < -0.4 is 4.72 Å². The fourth-order valence-electron chi connectivity index (χ4n) is 3.09. The normalized spacial score (nSPS) is 12.1. The van der Waals surface area contributed by atoms with E-state index in [4.69, 9.17) is 4.98 Å². The molecule has 0 unspecified atom stereocenters. The number of nitrogens with zero attached hydrogens (tertiary/aromatic N) is 3. The fourth-order valence-corrected chi connectivity index (χ4v) is 4.14. The Morgan fingerprint density at radius 2 is 1.74 bits per heavy atom. The summed E-state index contributed by atoms with van der Waals surface area (Å²) in [6, 6.07) is 16.5. The Kier molecular flexibility index (Phi) is 6.26. The molecule has 0 saturated carbocycles. The zero-order valence-corrected chi connectivity index (χ0v) is 16.6. The summed E-state index contributed by atoms with van der Waals surface area (Å²) in [6.45, 7) is 2.17. The van der Waals surface area contributed by atoms with Crippen LogP contribution in [-0.4, -0.2) is 50.1 Å². The Morgan fingerprint density at radius 3 is 2.48 bits per heavy atom. The third-order valence-electron chi connectivity index (χ3n) is 4.41. The van der Waals surface area contributed by atoms with Gasteiger partial charge in [0.1, 0.15) is 5.82 Å². The van der Waals surface area contributed by atoms with Crippen molar-refractivity contribution < 1.29 is 8.42 Å². The molecule has 6 nitrogen and oxygen atoms in total. The van der Waals surface area contributed by atoms with Crippen LogP contribution >= 0.6 is 0 Å². The number of aryl methyl sites for hydroxylation is 1. The first-order valence-electron chi connectivity index (χ1n) is 9.11. The number of sulfonamides is 1. The van der Waals surface area contributed by atoms with Crippen molar-refractivity contribution in [2.75, 3.05) is 27.2 Å². The molecule has 0 spiro atoms. The van der Waals surface area contributed by atoms with E-state index in [0.29, 0.717) is 13.0 Å². The predicted molar refractivity (Wildman–Crippen MR) is 108 cm³/mol. The molecule has 0 bridgehead atoms. The van der Waals surface area contributed by atoms with Crippen molar-refractivity contribution in [1.82, 2.24) is 19.2 Å². The van der Waals surface area contributed by atoms with Crippen LogP contribution in [0.1, 0.15) is 12.2 Å². The number of rotatable bonds is 9. The maximum absolute atomic E-state index is 12.4. The second-order valence-electron chi connectivity index (χ2n) is 6.79. The van der Waals surface area contributed by atoms with E-state index in [1.807, 2.05) is 18.2 Å². The van der Waals surface area contributed by atoms with Crippen LogP contribution in [-0.2, 0) is 23.0 Å². The summed E-state index contributed by atoms with van der Waals surface area (Å²) in [5, 5.41) is 0. The molecule has 1 aromatic heterocycles. The molecule has 0 aliphatic rings. The van der Waals surface area contributed by atoms with Gasteiger partial charge in [-0.25, -0.2) is 18.1 Å². The van der Waals surface area contributed by atoms with Gasteiger partial charge in [-0.3, -0.25) is 0 Å². The molecular weight excluding hydrogens is 360 g/mol. The SMILES string of the molecule is CN(C)CCCn1c(CCNS(=O)(=O)c2ccccc2)nc2ccccc21. The third kappa shape index (κ3) is 4.94. The van der Waals surface area contributed by atoms with Crippen LogP contribution in [0.5, 0.6) is 0 Å². The van der Waals surface area contributed by atoms with E-state index >= 15 is 0 Å². The quantitative estimate of drug-likeness (QED) is 0.614. The lowest BCUT2D eigenvalue weighted by Gasteiger charge is -2.13. The van der Waals surface area contributed by atoms with Crippen molar-refractivity contribution >= 4 is 21.1 Å². The van der Waals surface area contributed by atoms with Gasteiger partial charge in [-0.05, 0) is 51.3 Å². The lowest BCUT2D eigenvalue weighted by Crippen LogP contribution is -2.26. The molecule has 0 radical (unpaired) electrons. The Morgan fingerprint density at radius 1 is 1.04 bits per heavy atom. The minimum Gasteiger partial charge on any atom is -0.328 e. The number of para-hydroxylation sites is 2. The zero-order valence-electron chi connectivity index (χ0n) is 15.8. The van der Waals surface area contributed by atoms with E-state index in [2.05, 4.69) is 34.4 Å². The molecule has 0 atom stereocenters.